The van der Waals surface area contributed by atoms with Crippen molar-refractivity contribution in [1.82, 2.24) is 0 Å². The molecule has 1 heterocycles. The molecule has 2 fully saturated rings. The molecule has 0 aromatic heterocycles. The van der Waals surface area contributed by atoms with Gasteiger partial charge in [0.2, 0.25) is 5.91 Å². The van der Waals surface area contributed by atoms with Crippen LogP contribution in [0.15, 0.2) is 34.3 Å². The Morgan fingerprint density at radius 3 is 3.04 bits per heavy atom. The number of halogens is 1. The lowest BCUT2D eigenvalue weighted by Gasteiger charge is -2.37. The van der Waals surface area contributed by atoms with Gasteiger partial charge in [-0.1, -0.05) is 34.5 Å². The Morgan fingerprint density at radius 2 is 2.17 bits per heavy atom. The fourth-order valence-corrected chi connectivity index (χ4v) is 6.19. The van der Waals surface area contributed by atoms with Crippen LogP contribution in [0.3, 0.4) is 0 Å². The Morgan fingerprint density at radius 1 is 1.30 bits per heavy atom. The average molecular weight is 372 g/mol. The highest BCUT2D eigenvalue weighted by atomic mass is 79.9. The van der Waals surface area contributed by atoms with Crippen LogP contribution in [-0.4, -0.2) is 12.5 Å². The minimum atomic E-state index is -0.0990. The van der Waals surface area contributed by atoms with Crippen molar-refractivity contribution in [3.8, 4) is 0 Å². The largest absolute Gasteiger partial charge is 0.311 e. The van der Waals surface area contributed by atoms with Crippen LogP contribution < -0.4 is 4.90 Å². The lowest BCUT2D eigenvalue weighted by molar-refractivity contribution is -0.128. The van der Waals surface area contributed by atoms with Gasteiger partial charge in [-0.15, -0.1) is 0 Å². The van der Waals surface area contributed by atoms with Gasteiger partial charge >= 0.3 is 0 Å². The van der Waals surface area contributed by atoms with Crippen LogP contribution in [0.2, 0.25) is 0 Å². The maximum Gasteiger partial charge on any atom is 0.233 e. The lowest BCUT2D eigenvalue weighted by Crippen LogP contribution is -2.43. The van der Waals surface area contributed by atoms with Crippen LogP contribution >= 0.6 is 15.9 Å². The summed E-state index contributed by atoms with van der Waals surface area (Å²) in [6, 6.07) is 6.36. The standard InChI is InChI=1S/C20H22BrNO/c1-12-6-14-7-15-10-20(9-12,11-17(14)15)19(23)22-5-4-13-8-16(21)2-3-18(13)22/h2-3,6,8,12,15,17H,4-5,7,9-11H2,1H3. The van der Waals surface area contributed by atoms with Crippen molar-refractivity contribution in [2.45, 2.75) is 39.0 Å². The third-order valence-electron chi connectivity index (χ3n) is 6.65. The van der Waals surface area contributed by atoms with Crippen molar-refractivity contribution in [3.63, 3.8) is 0 Å². The first-order valence-corrected chi connectivity index (χ1v) is 9.66. The van der Waals surface area contributed by atoms with Gasteiger partial charge in [0.25, 0.3) is 0 Å². The third kappa shape index (κ3) is 1.95. The highest BCUT2D eigenvalue weighted by Gasteiger charge is 2.58. The predicted octanol–water partition coefficient (Wildman–Crippen LogP) is 4.72. The summed E-state index contributed by atoms with van der Waals surface area (Å²) >= 11 is 3.55. The van der Waals surface area contributed by atoms with Gasteiger partial charge in [0, 0.05) is 16.7 Å². The highest BCUT2D eigenvalue weighted by Crippen LogP contribution is 2.63. The second kappa shape index (κ2) is 4.72. The van der Waals surface area contributed by atoms with E-state index in [1.807, 2.05) is 0 Å². The Kier molecular flexibility index (Phi) is 2.93. The molecule has 1 amide bonds. The number of carbonyl (C=O) groups excluding carboxylic acids is 1. The summed E-state index contributed by atoms with van der Waals surface area (Å²) in [5.41, 5.74) is 4.01. The van der Waals surface area contributed by atoms with Gasteiger partial charge < -0.3 is 4.90 Å². The second-order valence-electron chi connectivity index (χ2n) is 8.16. The van der Waals surface area contributed by atoms with E-state index < -0.39 is 0 Å². The molecule has 4 unspecified atom stereocenters. The number of nitrogens with zero attached hydrogens (tertiary/aromatic N) is 1. The quantitative estimate of drug-likeness (QED) is 0.654. The van der Waals surface area contributed by atoms with Crippen LogP contribution in [0, 0.1) is 23.2 Å². The summed E-state index contributed by atoms with van der Waals surface area (Å²) in [5, 5.41) is 0. The topological polar surface area (TPSA) is 20.3 Å². The van der Waals surface area contributed by atoms with Crippen LogP contribution in [0.1, 0.15) is 38.2 Å². The van der Waals surface area contributed by atoms with E-state index >= 15 is 0 Å². The lowest BCUT2D eigenvalue weighted by atomic mass is 9.69. The van der Waals surface area contributed by atoms with Gasteiger partial charge in [-0.25, -0.2) is 0 Å². The predicted molar refractivity (Wildman–Crippen MR) is 95.3 cm³/mol. The van der Waals surface area contributed by atoms with E-state index in [1.165, 1.54) is 12.0 Å². The number of amides is 1. The van der Waals surface area contributed by atoms with Crippen molar-refractivity contribution >= 4 is 27.5 Å². The van der Waals surface area contributed by atoms with E-state index in [-0.39, 0.29) is 5.41 Å². The van der Waals surface area contributed by atoms with E-state index in [1.54, 1.807) is 5.57 Å². The van der Waals surface area contributed by atoms with E-state index in [2.05, 4.69) is 52.0 Å². The fraction of sp³-hybridized carbons (Fsp3) is 0.550. The molecule has 0 N–H and O–H groups in total. The van der Waals surface area contributed by atoms with Crippen LogP contribution in [-0.2, 0) is 11.2 Å². The molecule has 1 aromatic carbocycles. The first kappa shape index (κ1) is 14.3. The number of allylic oxidation sites excluding steroid dienone is 2. The first-order valence-electron chi connectivity index (χ1n) is 8.87. The number of hydrogen-bond donors (Lipinski definition) is 0. The minimum Gasteiger partial charge on any atom is -0.311 e. The van der Waals surface area contributed by atoms with Crippen LogP contribution in [0.5, 0.6) is 0 Å². The van der Waals surface area contributed by atoms with Crippen molar-refractivity contribution in [2.24, 2.45) is 23.2 Å². The maximum atomic E-state index is 13.6. The van der Waals surface area contributed by atoms with Crippen molar-refractivity contribution in [3.05, 3.63) is 39.9 Å². The Balaban J connectivity index is 1.50. The van der Waals surface area contributed by atoms with Gasteiger partial charge in [0.1, 0.15) is 0 Å². The van der Waals surface area contributed by atoms with Gasteiger partial charge in [-0.05, 0) is 73.6 Å². The van der Waals surface area contributed by atoms with Crippen molar-refractivity contribution < 1.29 is 4.79 Å². The van der Waals surface area contributed by atoms with Gasteiger partial charge in [-0.2, -0.15) is 0 Å². The summed E-state index contributed by atoms with van der Waals surface area (Å²) in [6.45, 7) is 3.15. The zero-order valence-corrected chi connectivity index (χ0v) is 15.1. The zero-order valence-electron chi connectivity index (χ0n) is 13.5. The van der Waals surface area contributed by atoms with Gasteiger partial charge in [0.15, 0.2) is 0 Å². The molecule has 0 saturated heterocycles. The molecule has 0 spiro atoms. The van der Waals surface area contributed by atoms with Crippen molar-refractivity contribution in [2.75, 3.05) is 11.4 Å². The summed E-state index contributed by atoms with van der Waals surface area (Å²) in [4.78, 5) is 15.7. The Hall–Kier alpha value is -1.09. The molecule has 120 valence electrons. The maximum absolute atomic E-state index is 13.6. The second-order valence-corrected chi connectivity index (χ2v) is 9.08. The molecule has 5 rings (SSSR count). The molecule has 1 aromatic rings. The summed E-state index contributed by atoms with van der Waals surface area (Å²) < 4.78 is 1.11. The van der Waals surface area contributed by atoms with Crippen LogP contribution in [0.4, 0.5) is 5.69 Å². The molecule has 4 aliphatic rings. The number of rotatable bonds is 1. The highest BCUT2D eigenvalue weighted by molar-refractivity contribution is 9.10. The number of fused-ring (bicyclic) bond motifs is 2. The van der Waals surface area contributed by atoms with Crippen molar-refractivity contribution in [1.29, 1.82) is 0 Å². The third-order valence-corrected chi connectivity index (χ3v) is 7.15. The van der Waals surface area contributed by atoms with Gasteiger partial charge in [0.05, 0.1) is 5.41 Å². The van der Waals surface area contributed by atoms with Crippen LogP contribution in [0.25, 0.3) is 0 Å². The molecule has 1 aliphatic heterocycles. The molecule has 3 heteroatoms. The fourth-order valence-electron chi connectivity index (χ4n) is 5.79. The SMILES string of the molecule is CC1C=C2CC3CC(C(=O)N4CCc5cc(Br)ccc54)(C1)CC23. The summed E-state index contributed by atoms with van der Waals surface area (Å²) in [6.07, 6.45) is 8.00. The number of carbonyl (C=O) groups is 1. The Labute approximate surface area is 146 Å². The molecule has 23 heavy (non-hydrogen) atoms. The van der Waals surface area contributed by atoms with E-state index in [0.717, 1.165) is 54.2 Å². The molecule has 2 nitrogen and oxygen atoms in total. The zero-order chi connectivity index (χ0) is 15.8. The van der Waals surface area contributed by atoms with E-state index in [9.17, 15) is 4.79 Å². The normalized spacial score (nSPS) is 37.0. The number of anilines is 1. The molecule has 3 aliphatic carbocycles. The molecule has 0 radical (unpaired) electrons. The monoisotopic (exact) mass is 371 g/mol. The molecule has 4 atom stereocenters. The molecule has 2 bridgehead atoms. The molecular weight excluding hydrogens is 350 g/mol. The number of hydrogen-bond acceptors (Lipinski definition) is 1. The Bertz CT molecular complexity index is 739. The smallest absolute Gasteiger partial charge is 0.233 e. The summed E-state index contributed by atoms with van der Waals surface area (Å²) in [7, 11) is 0. The first-order chi connectivity index (χ1) is 11.1. The minimum absolute atomic E-state index is 0.0990. The van der Waals surface area contributed by atoms with Gasteiger partial charge in [-0.3, -0.25) is 4.79 Å². The number of benzene rings is 1. The van der Waals surface area contributed by atoms with E-state index in [0.29, 0.717) is 11.8 Å². The average Bonchev–Trinajstić information content (AvgIpc) is 2.99. The molecule has 2 saturated carbocycles. The van der Waals surface area contributed by atoms with E-state index in [4.69, 9.17) is 0 Å². The summed E-state index contributed by atoms with van der Waals surface area (Å²) in [5.74, 6) is 2.46. The molecular formula is C20H22BrNO.